The fourth-order valence-corrected chi connectivity index (χ4v) is 2.02. The minimum absolute atomic E-state index is 0.326. The highest BCUT2D eigenvalue weighted by molar-refractivity contribution is 6.31. The quantitative estimate of drug-likeness (QED) is 0.629. The second-order valence-electron chi connectivity index (χ2n) is 4.52. The summed E-state index contributed by atoms with van der Waals surface area (Å²) in [5, 5.41) is 4.33. The monoisotopic (exact) mass is 333 g/mol. The minimum Gasteiger partial charge on any atom is -0.493 e. The largest absolute Gasteiger partial charge is 0.493 e. The zero-order chi connectivity index (χ0) is 16.7. The maximum atomic E-state index is 10.6. The SMILES string of the molecule is COc1cc(/C=N/NC(N)=O)ccc1OCc1ccccc1Cl. The summed E-state index contributed by atoms with van der Waals surface area (Å²) >= 11 is 6.10. The van der Waals surface area contributed by atoms with E-state index in [1.165, 1.54) is 6.21 Å². The minimum atomic E-state index is -0.729. The number of rotatable bonds is 6. The topological polar surface area (TPSA) is 85.9 Å². The molecule has 0 saturated carbocycles. The summed E-state index contributed by atoms with van der Waals surface area (Å²) in [5.41, 5.74) is 8.65. The van der Waals surface area contributed by atoms with Gasteiger partial charge in [-0.25, -0.2) is 10.2 Å². The average Bonchev–Trinajstić information content (AvgIpc) is 2.54. The number of hydrazone groups is 1. The van der Waals surface area contributed by atoms with Crippen LogP contribution in [-0.2, 0) is 6.61 Å². The summed E-state index contributed by atoms with van der Waals surface area (Å²) in [7, 11) is 1.54. The van der Waals surface area contributed by atoms with Crippen molar-refractivity contribution >= 4 is 23.8 Å². The first-order chi connectivity index (χ1) is 11.1. The number of nitrogens with zero attached hydrogens (tertiary/aromatic N) is 1. The van der Waals surface area contributed by atoms with Crippen molar-refractivity contribution in [3.8, 4) is 11.5 Å². The van der Waals surface area contributed by atoms with Gasteiger partial charge in [-0.3, -0.25) is 0 Å². The fraction of sp³-hybridized carbons (Fsp3) is 0.125. The van der Waals surface area contributed by atoms with Gasteiger partial charge >= 0.3 is 6.03 Å². The van der Waals surface area contributed by atoms with Crippen molar-refractivity contribution in [2.45, 2.75) is 6.61 Å². The summed E-state index contributed by atoms with van der Waals surface area (Å²) in [4.78, 5) is 10.6. The van der Waals surface area contributed by atoms with Crippen LogP contribution >= 0.6 is 11.6 Å². The molecule has 6 nitrogen and oxygen atoms in total. The lowest BCUT2D eigenvalue weighted by Gasteiger charge is -2.12. The Morgan fingerprint density at radius 2 is 2.09 bits per heavy atom. The number of methoxy groups -OCH3 is 1. The zero-order valence-corrected chi connectivity index (χ0v) is 13.2. The molecule has 0 aliphatic rings. The van der Waals surface area contributed by atoms with E-state index >= 15 is 0 Å². The van der Waals surface area contributed by atoms with Gasteiger partial charge in [0.15, 0.2) is 11.5 Å². The van der Waals surface area contributed by atoms with E-state index in [9.17, 15) is 4.79 Å². The summed E-state index contributed by atoms with van der Waals surface area (Å²) in [6, 6.07) is 12.0. The number of halogens is 1. The van der Waals surface area contributed by atoms with Crippen LogP contribution in [0.4, 0.5) is 4.79 Å². The number of nitrogens with one attached hydrogen (secondary N) is 1. The Balaban J connectivity index is 2.09. The van der Waals surface area contributed by atoms with Crippen LogP contribution in [0.1, 0.15) is 11.1 Å². The lowest BCUT2D eigenvalue weighted by atomic mass is 10.2. The molecule has 2 aromatic rings. The molecule has 120 valence electrons. The second kappa shape index (κ2) is 8.05. The molecule has 0 aliphatic heterocycles. The normalized spacial score (nSPS) is 10.5. The first kappa shape index (κ1) is 16.6. The Bertz CT molecular complexity index is 719. The van der Waals surface area contributed by atoms with Gasteiger partial charge in [-0.2, -0.15) is 5.10 Å². The van der Waals surface area contributed by atoms with Crippen molar-refractivity contribution in [2.75, 3.05) is 7.11 Å². The third-order valence-electron chi connectivity index (χ3n) is 2.92. The van der Waals surface area contributed by atoms with Gasteiger partial charge in [0.2, 0.25) is 0 Å². The van der Waals surface area contributed by atoms with Gasteiger partial charge in [0.25, 0.3) is 0 Å². The van der Waals surface area contributed by atoms with E-state index < -0.39 is 6.03 Å². The highest BCUT2D eigenvalue weighted by Crippen LogP contribution is 2.29. The van der Waals surface area contributed by atoms with Crippen LogP contribution in [0.25, 0.3) is 0 Å². The molecule has 2 aromatic carbocycles. The van der Waals surface area contributed by atoms with Crippen LogP contribution < -0.4 is 20.6 Å². The molecule has 0 unspecified atom stereocenters. The van der Waals surface area contributed by atoms with Crippen LogP contribution in [0.5, 0.6) is 11.5 Å². The van der Waals surface area contributed by atoms with E-state index in [1.807, 2.05) is 24.3 Å². The number of primary amides is 1. The number of carbonyl (C=O) groups excluding carboxylic acids is 1. The first-order valence-electron chi connectivity index (χ1n) is 6.73. The van der Waals surface area contributed by atoms with Gasteiger partial charge in [-0.1, -0.05) is 29.8 Å². The van der Waals surface area contributed by atoms with E-state index in [0.717, 1.165) is 11.1 Å². The first-order valence-corrected chi connectivity index (χ1v) is 7.10. The maximum absolute atomic E-state index is 10.6. The molecule has 7 heteroatoms. The highest BCUT2D eigenvalue weighted by Gasteiger charge is 2.07. The van der Waals surface area contributed by atoms with Crippen molar-refractivity contribution < 1.29 is 14.3 Å². The number of hydrogen-bond donors (Lipinski definition) is 2. The average molecular weight is 334 g/mol. The van der Waals surface area contributed by atoms with Crippen LogP contribution in [0.2, 0.25) is 5.02 Å². The predicted molar refractivity (Wildman–Crippen MR) is 89.1 cm³/mol. The molecule has 0 aromatic heterocycles. The summed E-state index contributed by atoms with van der Waals surface area (Å²) in [5.74, 6) is 1.12. The van der Waals surface area contributed by atoms with Gasteiger partial charge in [-0.05, 0) is 29.8 Å². The summed E-state index contributed by atoms with van der Waals surface area (Å²) in [6.45, 7) is 0.326. The fourth-order valence-electron chi connectivity index (χ4n) is 1.83. The third-order valence-corrected chi connectivity index (χ3v) is 3.29. The zero-order valence-electron chi connectivity index (χ0n) is 12.5. The summed E-state index contributed by atoms with van der Waals surface area (Å²) < 4.78 is 11.0. The van der Waals surface area contributed by atoms with Crippen molar-refractivity contribution in [1.29, 1.82) is 0 Å². The number of amides is 2. The van der Waals surface area contributed by atoms with Gasteiger partial charge in [0.05, 0.1) is 13.3 Å². The van der Waals surface area contributed by atoms with Crippen molar-refractivity contribution in [3.63, 3.8) is 0 Å². The molecule has 0 atom stereocenters. The Morgan fingerprint density at radius 3 is 2.78 bits per heavy atom. The maximum Gasteiger partial charge on any atom is 0.332 e. The van der Waals surface area contributed by atoms with Crippen molar-refractivity contribution in [1.82, 2.24) is 5.43 Å². The lowest BCUT2D eigenvalue weighted by molar-refractivity contribution is 0.249. The Kier molecular flexibility index (Phi) is 5.82. The molecule has 0 aliphatic carbocycles. The number of hydrogen-bond acceptors (Lipinski definition) is 4. The third kappa shape index (κ3) is 4.89. The van der Waals surface area contributed by atoms with Crippen LogP contribution in [0.3, 0.4) is 0 Å². The summed E-state index contributed by atoms with van der Waals surface area (Å²) in [6.07, 6.45) is 1.45. The number of benzene rings is 2. The van der Waals surface area contributed by atoms with Gasteiger partial charge in [-0.15, -0.1) is 0 Å². The molecular weight excluding hydrogens is 318 g/mol. The number of ether oxygens (including phenoxy) is 2. The van der Waals surface area contributed by atoms with Crippen LogP contribution in [-0.4, -0.2) is 19.4 Å². The second-order valence-corrected chi connectivity index (χ2v) is 4.93. The van der Waals surface area contributed by atoms with E-state index in [2.05, 4.69) is 10.5 Å². The Morgan fingerprint density at radius 1 is 1.30 bits per heavy atom. The molecule has 0 radical (unpaired) electrons. The number of urea groups is 1. The molecule has 3 N–H and O–H groups in total. The van der Waals surface area contributed by atoms with Gasteiger partial charge in [0, 0.05) is 10.6 Å². The number of carbonyl (C=O) groups is 1. The molecule has 0 bridgehead atoms. The number of nitrogens with two attached hydrogens (primary N) is 1. The standard InChI is InChI=1S/C16H16ClN3O3/c1-22-15-8-11(9-19-20-16(18)21)6-7-14(15)23-10-12-4-2-3-5-13(12)17/h2-9H,10H2,1H3,(H3,18,20,21)/b19-9+. The Labute approximate surface area is 138 Å². The predicted octanol–water partition coefficient (Wildman–Crippen LogP) is 2.93. The van der Waals surface area contributed by atoms with Crippen LogP contribution in [0.15, 0.2) is 47.6 Å². The van der Waals surface area contributed by atoms with E-state index in [0.29, 0.717) is 23.1 Å². The molecule has 2 amide bonds. The van der Waals surface area contributed by atoms with Crippen LogP contribution in [0, 0.1) is 0 Å². The molecule has 2 rings (SSSR count). The molecule has 0 spiro atoms. The van der Waals surface area contributed by atoms with Crippen molar-refractivity contribution in [3.05, 3.63) is 58.6 Å². The smallest absolute Gasteiger partial charge is 0.332 e. The molecular formula is C16H16ClN3O3. The Hall–Kier alpha value is -2.73. The molecule has 0 fully saturated rings. The molecule has 0 saturated heterocycles. The lowest BCUT2D eigenvalue weighted by Crippen LogP contribution is -2.24. The van der Waals surface area contributed by atoms with Crippen molar-refractivity contribution in [2.24, 2.45) is 10.8 Å². The molecule has 0 heterocycles. The van der Waals surface area contributed by atoms with E-state index in [4.69, 9.17) is 26.8 Å². The van der Waals surface area contributed by atoms with Gasteiger partial charge < -0.3 is 15.2 Å². The van der Waals surface area contributed by atoms with E-state index in [-0.39, 0.29) is 0 Å². The van der Waals surface area contributed by atoms with E-state index in [1.54, 1.807) is 25.3 Å². The highest BCUT2D eigenvalue weighted by atomic mass is 35.5. The van der Waals surface area contributed by atoms with Gasteiger partial charge in [0.1, 0.15) is 6.61 Å². The molecule has 23 heavy (non-hydrogen) atoms.